The van der Waals surface area contributed by atoms with E-state index >= 15 is 0 Å². The molecule has 0 fully saturated rings. The zero-order valence-electron chi connectivity index (χ0n) is 19.5. The summed E-state index contributed by atoms with van der Waals surface area (Å²) in [4.78, 5) is 29.9. The molecule has 0 amide bonds. The van der Waals surface area contributed by atoms with E-state index in [1.807, 2.05) is 18.2 Å². The van der Waals surface area contributed by atoms with E-state index in [9.17, 15) is 9.18 Å². The predicted octanol–water partition coefficient (Wildman–Crippen LogP) is 5.50. The summed E-state index contributed by atoms with van der Waals surface area (Å²) >= 11 is 5.92. The lowest BCUT2D eigenvalue weighted by Gasteiger charge is -2.12. The van der Waals surface area contributed by atoms with Crippen LogP contribution in [0, 0.1) is 5.82 Å². The van der Waals surface area contributed by atoms with E-state index in [0.717, 1.165) is 11.3 Å². The maximum Gasteiger partial charge on any atom is 0.339 e. The minimum atomic E-state index is -0.531. The minimum Gasteiger partial charge on any atom is -0.462 e. The van der Waals surface area contributed by atoms with E-state index in [2.05, 4.69) is 30.4 Å². The molecule has 0 unspecified atom stereocenters. The van der Waals surface area contributed by atoms with Crippen LogP contribution in [0.1, 0.15) is 17.3 Å². The maximum absolute atomic E-state index is 13.6. The highest BCUT2D eigenvalue weighted by Crippen LogP contribution is 2.29. The number of hydrogen-bond donors (Lipinski definition) is 1. The first-order valence-corrected chi connectivity index (χ1v) is 11.6. The number of benzene rings is 1. The van der Waals surface area contributed by atoms with Crippen LogP contribution in [0.5, 0.6) is 0 Å². The number of aromatic nitrogens is 6. The number of pyridine rings is 2. The fraction of sp³-hybridized carbons (Fsp3) is 0.0769. The van der Waals surface area contributed by atoms with Gasteiger partial charge in [-0.25, -0.2) is 18.9 Å². The van der Waals surface area contributed by atoms with Crippen LogP contribution in [0.4, 0.5) is 16.0 Å². The molecule has 0 bridgehead atoms. The topological polar surface area (TPSA) is 108 Å². The van der Waals surface area contributed by atoms with E-state index in [1.54, 1.807) is 48.7 Å². The van der Waals surface area contributed by atoms with Crippen molar-refractivity contribution < 1.29 is 13.9 Å². The van der Waals surface area contributed by atoms with Gasteiger partial charge in [-0.3, -0.25) is 9.97 Å². The molecule has 0 radical (unpaired) electrons. The van der Waals surface area contributed by atoms with Gasteiger partial charge in [-0.1, -0.05) is 17.7 Å². The highest BCUT2D eigenvalue weighted by Gasteiger charge is 2.17. The quantitative estimate of drug-likeness (QED) is 0.283. The number of halogens is 2. The summed E-state index contributed by atoms with van der Waals surface area (Å²) in [5, 5.41) is 7.48. The first kappa shape index (κ1) is 24.0. The Bertz CT molecular complexity index is 1580. The molecule has 1 N–H and O–H groups in total. The van der Waals surface area contributed by atoms with Crippen LogP contribution < -0.4 is 5.32 Å². The zero-order chi connectivity index (χ0) is 25.8. The van der Waals surface area contributed by atoms with E-state index in [1.165, 1.54) is 24.4 Å². The third kappa shape index (κ3) is 5.29. The third-order valence-electron chi connectivity index (χ3n) is 5.27. The summed E-state index contributed by atoms with van der Waals surface area (Å²) in [5.74, 6) is -0.374. The SMILES string of the molecule is CCOC(=O)c1cncc(-c2cnc(Nc3ccc(F)c(Cl)c3)nc2-n2cc(-c3ccccn3)cn2)c1. The molecule has 0 aliphatic carbocycles. The second-order valence-electron chi connectivity index (χ2n) is 7.76. The van der Waals surface area contributed by atoms with Gasteiger partial charge in [-0.15, -0.1) is 0 Å². The van der Waals surface area contributed by atoms with Gasteiger partial charge < -0.3 is 10.1 Å². The number of hydrogen-bond acceptors (Lipinski definition) is 8. The van der Waals surface area contributed by atoms with Gasteiger partial charge in [-0.05, 0) is 43.3 Å². The lowest BCUT2D eigenvalue weighted by molar-refractivity contribution is 0.0526. The average molecular weight is 516 g/mol. The average Bonchev–Trinajstić information content (AvgIpc) is 3.42. The van der Waals surface area contributed by atoms with Gasteiger partial charge in [-0.2, -0.15) is 10.1 Å². The molecule has 11 heteroatoms. The fourth-order valence-corrected chi connectivity index (χ4v) is 3.71. The highest BCUT2D eigenvalue weighted by molar-refractivity contribution is 6.31. The number of nitrogens with zero attached hydrogens (tertiary/aromatic N) is 6. The van der Waals surface area contributed by atoms with Gasteiger partial charge in [0.25, 0.3) is 0 Å². The predicted molar refractivity (Wildman–Crippen MR) is 136 cm³/mol. The Balaban J connectivity index is 1.59. The third-order valence-corrected chi connectivity index (χ3v) is 5.55. The van der Waals surface area contributed by atoms with Crippen molar-refractivity contribution in [2.45, 2.75) is 6.92 Å². The number of carbonyl (C=O) groups excluding carboxylic acids is 1. The van der Waals surface area contributed by atoms with Crippen LogP contribution in [-0.4, -0.2) is 42.3 Å². The first-order valence-electron chi connectivity index (χ1n) is 11.2. The molecule has 1 aromatic carbocycles. The summed E-state index contributed by atoms with van der Waals surface area (Å²) in [6.07, 6.45) is 9.78. The molecule has 4 aromatic heterocycles. The largest absolute Gasteiger partial charge is 0.462 e. The molecule has 9 nitrogen and oxygen atoms in total. The van der Waals surface area contributed by atoms with Gasteiger partial charge in [0.05, 0.1) is 29.1 Å². The molecule has 0 saturated carbocycles. The molecule has 5 rings (SSSR count). The Morgan fingerprint density at radius 1 is 1.08 bits per heavy atom. The van der Waals surface area contributed by atoms with Crippen molar-refractivity contribution in [2.75, 3.05) is 11.9 Å². The van der Waals surface area contributed by atoms with Crippen LogP contribution in [0.2, 0.25) is 5.02 Å². The Hall–Kier alpha value is -4.70. The fourth-order valence-electron chi connectivity index (χ4n) is 3.53. The van der Waals surface area contributed by atoms with Gasteiger partial charge >= 0.3 is 5.97 Å². The maximum atomic E-state index is 13.6. The summed E-state index contributed by atoms with van der Waals surface area (Å²) in [6, 6.07) is 11.5. The first-order chi connectivity index (χ1) is 18.0. The molecule has 5 aromatic rings. The molecule has 0 atom stereocenters. The number of rotatable bonds is 7. The molecule has 184 valence electrons. The zero-order valence-corrected chi connectivity index (χ0v) is 20.2. The van der Waals surface area contributed by atoms with Gasteiger partial charge in [0.2, 0.25) is 5.95 Å². The van der Waals surface area contributed by atoms with Crippen molar-refractivity contribution in [1.29, 1.82) is 0 Å². The molecule has 0 spiro atoms. The standard InChI is InChI=1S/C26H19ClFN7O2/c1-2-37-25(36)17-9-16(11-29-12-17)20-14-31-26(33-19-6-7-22(28)21(27)10-19)34-24(20)35-15-18(13-32-35)23-5-3-4-8-30-23/h3-15H,2H2,1H3,(H,31,33,34). The highest BCUT2D eigenvalue weighted by atomic mass is 35.5. The molecular formula is C26H19ClFN7O2. The minimum absolute atomic E-state index is 0.0317. The molecule has 37 heavy (non-hydrogen) atoms. The van der Waals surface area contributed by atoms with Crippen molar-refractivity contribution >= 4 is 29.2 Å². The number of esters is 1. The van der Waals surface area contributed by atoms with Crippen LogP contribution in [0.3, 0.4) is 0 Å². The number of carbonyl (C=O) groups is 1. The summed E-state index contributed by atoms with van der Waals surface area (Å²) in [7, 11) is 0. The lowest BCUT2D eigenvalue weighted by Crippen LogP contribution is -2.08. The number of ether oxygens (including phenoxy) is 1. The van der Waals surface area contributed by atoms with E-state index in [-0.39, 0.29) is 17.6 Å². The van der Waals surface area contributed by atoms with E-state index in [0.29, 0.717) is 28.2 Å². The Kier molecular flexibility index (Phi) is 6.82. The second-order valence-corrected chi connectivity index (χ2v) is 8.16. The van der Waals surface area contributed by atoms with Crippen molar-refractivity contribution in [3.63, 3.8) is 0 Å². The van der Waals surface area contributed by atoms with Crippen molar-refractivity contribution in [3.8, 4) is 28.2 Å². The smallest absolute Gasteiger partial charge is 0.339 e. The summed E-state index contributed by atoms with van der Waals surface area (Å²) in [5.41, 5.74) is 3.48. The monoisotopic (exact) mass is 515 g/mol. The van der Waals surface area contributed by atoms with Crippen LogP contribution in [0.25, 0.3) is 28.2 Å². The summed E-state index contributed by atoms with van der Waals surface area (Å²) in [6.45, 7) is 1.98. The molecular weight excluding hydrogens is 497 g/mol. The molecule has 4 heterocycles. The summed E-state index contributed by atoms with van der Waals surface area (Å²) < 4.78 is 20.3. The normalized spacial score (nSPS) is 10.8. The van der Waals surface area contributed by atoms with E-state index in [4.69, 9.17) is 16.3 Å². The lowest BCUT2D eigenvalue weighted by atomic mass is 10.1. The van der Waals surface area contributed by atoms with Crippen molar-refractivity contribution in [3.05, 3.63) is 96.0 Å². The van der Waals surface area contributed by atoms with Crippen LogP contribution in [-0.2, 0) is 4.74 Å². The Morgan fingerprint density at radius 2 is 1.97 bits per heavy atom. The Labute approximate surface area is 216 Å². The van der Waals surface area contributed by atoms with Gasteiger partial charge in [0.1, 0.15) is 5.82 Å². The Morgan fingerprint density at radius 3 is 2.76 bits per heavy atom. The van der Waals surface area contributed by atoms with E-state index < -0.39 is 11.8 Å². The van der Waals surface area contributed by atoms with Crippen molar-refractivity contribution in [2.24, 2.45) is 0 Å². The van der Waals surface area contributed by atoms with Gasteiger partial charge in [0, 0.05) is 53.4 Å². The molecule has 0 aliphatic rings. The van der Waals surface area contributed by atoms with Crippen LogP contribution in [0.15, 0.2) is 79.6 Å². The number of anilines is 2. The number of nitrogens with one attached hydrogen (secondary N) is 1. The molecule has 0 aliphatic heterocycles. The second kappa shape index (κ2) is 10.5. The molecule has 0 saturated heterocycles. The van der Waals surface area contributed by atoms with Gasteiger partial charge in [0.15, 0.2) is 5.82 Å². The van der Waals surface area contributed by atoms with Crippen LogP contribution >= 0.6 is 11.6 Å². The van der Waals surface area contributed by atoms with Crippen molar-refractivity contribution in [1.82, 2.24) is 29.7 Å².